The molecule has 0 radical (unpaired) electrons. The first kappa shape index (κ1) is 15.6. The Balaban J connectivity index is 1.45. The van der Waals surface area contributed by atoms with Crippen LogP contribution < -0.4 is 0 Å². The van der Waals surface area contributed by atoms with Crippen LogP contribution in [0.3, 0.4) is 0 Å². The fourth-order valence-corrected chi connectivity index (χ4v) is 4.02. The van der Waals surface area contributed by atoms with Crippen LogP contribution in [0.4, 0.5) is 0 Å². The van der Waals surface area contributed by atoms with Crippen LogP contribution in [0.2, 0.25) is 5.02 Å². The number of nitrogens with zero attached hydrogens (tertiary/aromatic N) is 3. The van der Waals surface area contributed by atoms with Gasteiger partial charge in [0.25, 0.3) is 5.91 Å². The van der Waals surface area contributed by atoms with Gasteiger partial charge in [-0.05, 0) is 42.7 Å². The monoisotopic (exact) mass is 341 g/mol. The maximum Gasteiger partial charge on any atom is 0.254 e. The number of likely N-dealkylation sites (tertiary alicyclic amines) is 1. The van der Waals surface area contributed by atoms with Gasteiger partial charge in [-0.2, -0.15) is 0 Å². The summed E-state index contributed by atoms with van der Waals surface area (Å²) in [5, 5.41) is 0.773. The van der Waals surface area contributed by atoms with Gasteiger partial charge >= 0.3 is 0 Å². The Hall–Kier alpha value is -1.91. The molecule has 4 nitrogen and oxygen atoms in total. The molecule has 0 saturated carbocycles. The summed E-state index contributed by atoms with van der Waals surface area (Å²) in [6, 6.07) is 12.6. The van der Waals surface area contributed by atoms with E-state index in [2.05, 4.69) is 22.0 Å². The Kier molecular flexibility index (Phi) is 4.25. The standard InChI is InChI=1S/C19H20ClN3O/c20-16-3-1-14(2-4-16)11-23-17-5-6-18(23)13-22(12-17)19(24)15-7-9-21-10-8-15/h1-4,7-10,17-18H,5-6,11-13H2. The van der Waals surface area contributed by atoms with E-state index < -0.39 is 0 Å². The van der Waals surface area contributed by atoms with Crippen molar-refractivity contribution in [3.63, 3.8) is 0 Å². The Labute approximate surface area is 147 Å². The minimum Gasteiger partial charge on any atom is -0.336 e. The highest BCUT2D eigenvalue weighted by atomic mass is 35.5. The lowest BCUT2D eigenvalue weighted by atomic mass is 10.1. The molecule has 0 spiro atoms. The number of fused-ring (bicyclic) bond motifs is 2. The molecule has 0 N–H and O–H groups in total. The molecule has 1 aromatic heterocycles. The minimum absolute atomic E-state index is 0.125. The lowest BCUT2D eigenvalue weighted by Gasteiger charge is -2.41. The van der Waals surface area contributed by atoms with E-state index in [9.17, 15) is 4.79 Å². The lowest BCUT2D eigenvalue weighted by molar-refractivity contribution is 0.0423. The third kappa shape index (κ3) is 3.04. The first-order valence-electron chi connectivity index (χ1n) is 8.40. The van der Waals surface area contributed by atoms with Gasteiger partial charge in [-0.25, -0.2) is 0 Å². The second-order valence-corrected chi connectivity index (χ2v) is 7.07. The zero-order valence-electron chi connectivity index (χ0n) is 13.4. The highest BCUT2D eigenvalue weighted by molar-refractivity contribution is 6.30. The Bertz CT molecular complexity index is 705. The molecule has 0 aliphatic carbocycles. The maximum atomic E-state index is 12.7. The smallest absolute Gasteiger partial charge is 0.254 e. The number of carbonyl (C=O) groups is 1. The van der Waals surface area contributed by atoms with Crippen molar-refractivity contribution in [1.29, 1.82) is 0 Å². The van der Waals surface area contributed by atoms with Crippen LogP contribution in [0.25, 0.3) is 0 Å². The summed E-state index contributed by atoms with van der Waals surface area (Å²) in [5.41, 5.74) is 2.01. The largest absolute Gasteiger partial charge is 0.336 e. The number of amides is 1. The summed E-state index contributed by atoms with van der Waals surface area (Å²) in [6.07, 6.45) is 5.69. The molecule has 2 fully saturated rings. The van der Waals surface area contributed by atoms with Crippen LogP contribution in [0.15, 0.2) is 48.8 Å². The molecule has 3 heterocycles. The molecule has 2 aromatic rings. The van der Waals surface area contributed by atoms with Gasteiger partial charge in [-0.1, -0.05) is 23.7 Å². The molecule has 2 saturated heterocycles. The van der Waals surface area contributed by atoms with Crippen LogP contribution in [0, 0.1) is 0 Å². The third-order valence-corrected chi connectivity index (χ3v) is 5.38. The second-order valence-electron chi connectivity index (χ2n) is 6.63. The number of rotatable bonds is 3. The highest BCUT2D eigenvalue weighted by Gasteiger charge is 2.41. The number of hydrogen-bond acceptors (Lipinski definition) is 3. The molecule has 2 aliphatic rings. The van der Waals surface area contributed by atoms with E-state index in [-0.39, 0.29) is 5.91 Å². The molecule has 2 bridgehead atoms. The van der Waals surface area contributed by atoms with Crippen molar-refractivity contribution < 1.29 is 4.79 Å². The average Bonchev–Trinajstić information content (AvgIpc) is 2.84. The SMILES string of the molecule is O=C(c1ccncc1)N1CC2CCC(C1)N2Cc1ccc(Cl)cc1. The van der Waals surface area contributed by atoms with Crippen molar-refractivity contribution in [2.75, 3.05) is 13.1 Å². The third-order valence-electron chi connectivity index (χ3n) is 5.13. The zero-order chi connectivity index (χ0) is 16.5. The van der Waals surface area contributed by atoms with Crippen LogP contribution >= 0.6 is 11.6 Å². The first-order valence-corrected chi connectivity index (χ1v) is 8.78. The summed E-state index contributed by atoms with van der Waals surface area (Å²) in [6.45, 7) is 2.56. The van der Waals surface area contributed by atoms with Crippen molar-refractivity contribution in [1.82, 2.24) is 14.8 Å². The first-order chi connectivity index (χ1) is 11.7. The van der Waals surface area contributed by atoms with E-state index in [0.717, 1.165) is 30.2 Å². The molecular formula is C19H20ClN3O. The van der Waals surface area contributed by atoms with Crippen LogP contribution in [0.5, 0.6) is 0 Å². The number of benzene rings is 1. The molecule has 124 valence electrons. The highest BCUT2D eigenvalue weighted by Crippen LogP contribution is 2.32. The summed E-state index contributed by atoms with van der Waals surface area (Å²) in [4.78, 5) is 21.2. The van der Waals surface area contributed by atoms with Crippen LogP contribution in [-0.2, 0) is 6.54 Å². The number of pyridine rings is 1. The molecule has 2 atom stereocenters. The molecule has 5 heteroatoms. The number of piperazine rings is 1. The van der Waals surface area contributed by atoms with Gasteiger partial charge in [0.15, 0.2) is 0 Å². The van der Waals surface area contributed by atoms with Crippen molar-refractivity contribution >= 4 is 17.5 Å². The van der Waals surface area contributed by atoms with Crippen molar-refractivity contribution in [2.24, 2.45) is 0 Å². The summed E-state index contributed by atoms with van der Waals surface area (Å²) >= 11 is 5.97. The quantitative estimate of drug-likeness (QED) is 0.860. The Morgan fingerprint density at radius 2 is 1.67 bits per heavy atom. The zero-order valence-corrected chi connectivity index (χ0v) is 14.2. The summed E-state index contributed by atoms with van der Waals surface area (Å²) in [5.74, 6) is 0.125. The lowest BCUT2D eigenvalue weighted by Crippen LogP contribution is -2.54. The summed E-state index contributed by atoms with van der Waals surface area (Å²) < 4.78 is 0. The molecular weight excluding hydrogens is 322 g/mol. The van der Waals surface area contributed by atoms with E-state index in [1.54, 1.807) is 24.5 Å². The normalized spacial score (nSPS) is 23.5. The molecule has 1 amide bonds. The van der Waals surface area contributed by atoms with E-state index in [4.69, 9.17) is 11.6 Å². The number of aromatic nitrogens is 1. The molecule has 1 aromatic carbocycles. The van der Waals surface area contributed by atoms with Crippen molar-refractivity contribution in [3.05, 3.63) is 64.9 Å². The fraction of sp³-hybridized carbons (Fsp3) is 0.368. The maximum absolute atomic E-state index is 12.7. The topological polar surface area (TPSA) is 36.4 Å². The predicted octanol–water partition coefficient (Wildman–Crippen LogP) is 3.22. The molecule has 2 aliphatic heterocycles. The van der Waals surface area contributed by atoms with Crippen LogP contribution in [0.1, 0.15) is 28.8 Å². The predicted molar refractivity (Wildman–Crippen MR) is 93.9 cm³/mol. The Morgan fingerprint density at radius 3 is 2.29 bits per heavy atom. The number of halogens is 1. The van der Waals surface area contributed by atoms with Gasteiger partial charge in [0.05, 0.1) is 0 Å². The average molecular weight is 342 g/mol. The van der Waals surface area contributed by atoms with Gasteiger partial charge < -0.3 is 4.90 Å². The van der Waals surface area contributed by atoms with Gasteiger partial charge in [0, 0.05) is 54.7 Å². The molecule has 24 heavy (non-hydrogen) atoms. The molecule has 2 unspecified atom stereocenters. The molecule has 4 rings (SSSR count). The minimum atomic E-state index is 0.125. The van der Waals surface area contributed by atoms with Gasteiger partial charge in [0.1, 0.15) is 0 Å². The van der Waals surface area contributed by atoms with Crippen molar-refractivity contribution in [2.45, 2.75) is 31.5 Å². The van der Waals surface area contributed by atoms with Gasteiger partial charge in [-0.15, -0.1) is 0 Å². The van der Waals surface area contributed by atoms with Gasteiger partial charge in [0.2, 0.25) is 0 Å². The number of carbonyl (C=O) groups excluding carboxylic acids is 1. The van der Waals surface area contributed by atoms with Crippen molar-refractivity contribution in [3.8, 4) is 0 Å². The Morgan fingerprint density at radius 1 is 1.04 bits per heavy atom. The fourth-order valence-electron chi connectivity index (χ4n) is 3.89. The van der Waals surface area contributed by atoms with Crippen LogP contribution in [-0.4, -0.2) is 45.9 Å². The van der Waals surface area contributed by atoms with E-state index in [0.29, 0.717) is 12.1 Å². The number of hydrogen-bond donors (Lipinski definition) is 0. The van der Waals surface area contributed by atoms with E-state index in [1.165, 1.54) is 18.4 Å². The van der Waals surface area contributed by atoms with Gasteiger partial charge in [-0.3, -0.25) is 14.7 Å². The summed E-state index contributed by atoms with van der Waals surface area (Å²) in [7, 11) is 0. The van der Waals surface area contributed by atoms with E-state index in [1.807, 2.05) is 17.0 Å². The van der Waals surface area contributed by atoms with E-state index >= 15 is 0 Å². The second kappa shape index (κ2) is 6.54.